The normalized spacial score (nSPS) is 12.8. The van der Waals surface area contributed by atoms with Crippen molar-refractivity contribution >= 4 is 11.5 Å². The highest BCUT2D eigenvalue weighted by Crippen LogP contribution is 2.26. The number of hydrogen-bond acceptors (Lipinski definition) is 8. The van der Waals surface area contributed by atoms with Gasteiger partial charge in [0.1, 0.15) is 4.88 Å². The lowest BCUT2D eigenvalue weighted by atomic mass is 10.2. The highest BCUT2D eigenvalue weighted by molar-refractivity contribution is 7.09. The first-order valence-electron chi connectivity index (χ1n) is 5.66. The summed E-state index contributed by atoms with van der Waals surface area (Å²) < 4.78 is 14.1. The zero-order valence-corrected chi connectivity index (χ0v) is 11.1. The molecule has 0 radical (unpaired) electrons. The molecule has 2 aromatic heterocycles. The smallest absolute Gasteiger partial charge is 0.271 e. The summed E-state index contributed by atoms with van der Waals surface area (Å²) in [6.45, 7) is 2.43. The van der Waals surface area contributed by atoms with Gasteiger partial charge in [-0.15, -0.1) is 5.10 Å². The van der Waals surface area contributed by atoms with Crippen LogP contribution in [0.25, 0.3) is 10.8 Å². The van der Waals surface area contributed by atoms with E-state index in [9.17, 15) is 0 Å². The fourth-order valence-electron chi connectivity index (χ4n) is 1.50. The van der Waals surface area contributed by atoms with Gasteiger partial charge in [0, 0.05) is 7.11 Å². The van der Waals surface area contributed by atoms with Gasteiger partial charge in [-0.2, -0.15) is 4.98 Å². The van der Waals surface area contributed by atoms with Gasteiger partial charge in [0.15, 0.2) is 5.82 Å². The van der Waals surface area contributed by atoms with Crippen molar-refractivity contribution in [3.05, 3.63) is 11.5 Å². The van der Waals surface area contributed by atoms with Crippen molar-refractivity contribution in [2.24, 2.45) is 5.73 Å². The summed E-state index contributed by atoms with van der Waals surface area (Å²) in [5, 5.41) is 7.91. The van der Waals surface area contributed by atoms with Crippen molar-refractivity contribution < 1.29 is 9.26 Å². The molecule has 2 aromatic rings. The Morgan fingerprint density at radius 2 is 2.33 bits per heavy atom. The largest absolute Gasteiger partial charge is 0.383 e. The van der Waals surface area contributed by atoms with E-state index >= 15 is 0 Å². The average Bonchev–Trinajstić information content (AvgIpc) is 2.97. The minimum Gasteiger partial charge on any atom is -0.383 e. The summed E-state index contributed by atoms with van der Waals surface area (Å²) in [6, 6.07) is -0.386. The number of rotatable bonds is 6. The number of hydrogen-bond donors (Lipinski definition) is 1. The van der Waals surface area contributed by atoms with E-state index in [0.717, 1.165) is 23.4 Å². The first kappa shape index (κ1) is 13.1. The zero-order valence-electron chi connectivity index (χ0n) is 10.3. The molecule has 2 heterocycles. The molecule has 2 N–H and O–H groups in total. The number of aryl methyl sites for hydroxylation is 1. The van der Waals surface area contributed by atoms with Gasteiger partial charge >= 0.3 is 0 Å². The van der Waals surface area contributed by atoms with Gasteiger partial charge in [0.2, 0.25) is 0 Å². The number of aromatic nitrogens is 4. The number of ether oxygens (including phenoxy) is 1. The lowest BCUT2D eigenvalue weighted by Gasteiger charge is -2.03. The predicted octanol–water partition coefficient (Wildman–Crippen LogP) is 1.19. The van der Waals surface area contributed by atoms with E-state index in [1.165, 1.54) is 11.5 Å². The fourth-order valence-corrected chi connectivity index (χ4v) is 2.13. The Bertz CT molecular complexity index is 498. The third-order valence-corrected chi connectivity index (χ3v) is 3.11. The van der Waals surface area contributed by atoms with Gasteiger partial charge in [-0.25, -0.2) is 0 Å². The Hall–Kier alpha value is -1.38. The van der Waals surface area contributed by atoms with Gasteiger partial charge in [0.05, 0.1) is 18.3 Å². The van der Waals surface area contributed by atoms with Crippen molar-refractivity contribution in [3.8, 4) is 10.8 Å². The maximum Gasteiger partial charge on any atom is 0.271 e. The number of nitrogens with zero attached hydrogens (tertiary/aromatic N) is 4. The molecule has 0 fully saturated rings. The standard InChI is InChI=1S/C10H15N5O2S/c1-3-4-7-8(18-15-13-7)10-12-9(14-17-10)6(11)5-16-2/h6H,3-5,11H2,1-2H3. The van der Waals surface area contributed by atoms with Crippen molar-refractivity contribution in [2.45, 2.75) is 25.8 Å². The second-order valence-corrected chi connectivity index (χ2v) is 4.57. The lowest BCUT2D eigenvalue weighted by Crippen LogP contribution is -2.17. The number of nitrogens with two attached hydrogens (primary N) is 1. The maximum absolute atomic E-state index is 5.83. The van der Waals surface area contributed by atoms with Gasteiger partial charge in [0.25, 0.3) is 5.89 Å². The van der Waals surface area contributed by atoms with Crippen LogP contribution in [0.4, 0.5) is 0 Å². The molecule has 0 aliphatic carbocycles. The van der Waals surface area contributed by atoms with Crippen LogP contribution in [0.5, 0.6) is 0 Å². The van der Waals surface area contributed by atoms with Crippen LogP contribution in [0.15, 0.2) is 4.52 Å². The van der Waals surface area contributed by atoms with E-state index in [0.29, 0.717) is 18.3 Å². The Morgan fingerprint density at radius 3 is 3.06 bits per heavy atom. The number of methoxy groups -OCH3 is 1. The molecule has 1 atom stereocenters. The summed E-state index contributed by atoms with van der Waals surface area (Å²) in [7, 11) is 1.58. The SMILES string of the molecule is CCCc1nnsc1-c1nc(C(N)COC)no1. The Labute approximate surface area is 109 Å². The topological polar surface area (TPSA) is 100.0 Å². The van der Waals surface area contributed by atoms with E-state index in [-0.39, 0.29) is 6.04 Å². The molecular formula is C10H15N5O2S. The molecule has 2 rings (SSSR count). The first-order valence-corrected chi connectivity index (χ1v) is 6.43. The molecule has 0 saturated heterocycles. The summed E-state index contributed by atoms with van der Waals surface area (Å²) in [5.74, 6) is 0.859. The average molecular weight is 269 g/mol. The summed E-state index contributed by atoms with van der Waals surface area (Å²) in [6.07, 6.45) is 1.83. The van der Waals surface area contributed by atoms with Gasteiger partial charge in [-0.05, 0) is 18.0 Å². The van der Waals surface area contributed by atoms with E-state index < -0.39 is 0 Å². The summed E-state index contributed by atoms with van der Waals surface area (Å²) >= 11 is 1.25. The molecular weight excluding hydrogens is 254 g/mol. The van der Waals surface area contributed by atoms with Crippen LogP contribution in [0.3, 0.4) is 0 Å². The monoisotopic (exact) mass is 269 g/mol. The van der Waals surface area contributed by atoms with E-state index in [1.54, 1.807) is 7.11 Å². The molecule has 1 unspecified atom stereocenters. The third kappa shape index (κ3) is 2.71. The second kappa shape index (κ2) is 5.98. The molecule has 0 saturated carbocycles. The molecule has 18 heavy (non-hydrogen) atoms. The van der Waals surface area contributed by atoms with Crippen molar-refractivity contribution in [1.82, 2.24) is 19.7 Å². The lowest BCUT2D eigenvalue weighted by molar-refractivity contribution is 0.177. The van der Waals surface area contributed by atoms with Crippen LogP contribution in [-0.4, -0.2) is 33.4 Å². The zero-order chi connectivity index (χ0) is 13.0. The van der Waals surface area contributed by atoms with Gasteiger partial charge in [-0.3, -0.25) is 0 Å². The van der Waals surface area contributed by atoms with E-state index in [1.807, 2.05) is 0 Å². The Morgan fingerprint density at radius 1 is 1.50 bits per heavy atom. The fraction of sp³-hybridized carbons (Fsp3) is 0.600. The van der Waals surface area contributed by atoms with Crippen LogP contribution in [0.1, 0.15) is 30.9 Å². The minimum absolute atomic E-state index is 0.349. The highest BCUT2D eigenvalue weighted by atomic mass is 32.1. The molecule has 0 aliphatic rings. The Kier molecular flexibility index (Phi) is 4.34. The van der Waals surface area contributed by atoms with Crippen LogP contribution in [-0.2, 0) is 11.2 Å². The molecule has 0 amide bonds. The molecule has 98 valence electrons. The van der Waals surface area contributed by atoms with Gasteiger partial charge < -0.3 is 15.0 Å². The van der Waals surface area contributed by atoms with Crippen molar-refractivity contribution in [2.75, 3.05) is 13.7 Å². The van der Waals surface area contributed by atoms with Crippen molar-refractivity contribution in [1.29, 1.82) is 0 Å². The van der Waals surface area contributed by atoms with Crippen LogP contribution in [0.2, 0.25) is 0 Å². The molecule has 0 spiro atoms. The molecule has 0 aromatic carbocycles. The third-order valence-electron chi connectivity index (χ3n) is 2.36. The molecule has 0 bridgehead atoms. The summed E-state index contributed by atoms with van der Waals surface area (Å²) in [4.78, 5) is 5.08. The second-order valence-electron chi connectivity index (χ2n) is 3.82. The first-order chi connectivity index (χ1) is 8.76. The highest BCUT2D eigenvalue weighted by Gasteiger charge is 2.19. The maximum atomic E-state index is 5.83. The minimum atomic E-state index is -0.386. The van der Waals surface area contributed by atoms with E-state index in [2.05, 4.69) is 26.7 Å². The Balaban J connectivity index is 2.21. The predicted molar refractivity (Wildman–Crippen MR) is 66.0 cm³/mol. The van der Waals surface area contributed by atoms with E-state index in [4.69, 9.17) is 15.0 Å². The summed E-state index contributed by atoms with van der Waals surface area (Å²) in [5.41, 5.74) is 6.72. The van der Waals surface area contributed by atoms with Crippen LogP contribution >= 0.6 is 11.5 Å². The van der Waals surface area contributed by atoms with Crippen molar-refractivity contribution in [3.63, 3.8) is 0 Å². The van der Waals surface area contributed by atoms with Gasteiger partial charge in [-0.1, -0.05) is 23.0 Å². The molecule has 0 aliphatic heterocycles. The van der Waals surface area contributed by atoms with Crippen LogP contribution < -0.4 is 5.73 Å². The molecule has 7 nitrogen and oxygen atoms in total. The quantitative estimate of drug-likeness (QED) is 0.840. The molecule has 8 heteroatoms. The van der Waals surface area contributed by atoms with Crippen LogP contribution in [0, 0.1) is 0 Å².